The predicted octanol–water partition coefficient (Wildman–Crippen LogP) is 5.31. The summed E-state index contributed by atoms with van der Waals surface area (Å²) in [6, 6.07) is 9.97. The van der Waals surface area contributed by atoms with Crippen molar-refractivity contribution in [1.82, 2.24) is 19.7 Å². The number of aryl methyl sites for hydroxylation is 2. The minimum Gasteiger partial charge on any atom is -0.487 e. The first-order chi connectivity index (χ1) is 13.6. The van der Waals surface area contributed by atoms with Crippen LogP contribution in [0.25, 0.3) is 22.2 Å². The average Bonchev–Trinajstić information content (AvgIpc) is 3.12. The van der Waals surface area contributed by atoms with E-state index in [0.29, 0.717) is 23.3 Å². The van der Waals surface area contributed by atoms with Gasteiger partial charge in [0.05, 0.1) is 10.7 Å². The maximum atomic E-state index is 6.30. The van der Waals surface area contributed by atoms with E-state index in [-0.39, 0.29) is 0 Å². The second-order valence-corrected chi connectivity index (χ2v) is 7.16. The number of halogens is 2. The van der Waals surface area contributed by atoms with E-state index in [9.17, 15) is 0 Å². The fourth-order valence-corrected chi connectivity index (χ4v) is 3.71. The Bertz CT molecular complexity index is 1160. The van der Waals surface area contributed by atoms with Crippen molar-refractivity contribution in [1.29, 1.82) is 0 Å². The number of hydrogen-bond donors (Lipinski definition) is 0. The second kappa shape index (κ2) is 7.78. The van der Waals surface area contributed by atoms with Crippen molar-refractivity contribution in [2.75, 3.05) is 0 Å². The topological polar surface area (TPSA) is 52.8 Å². The molecule has 7 heteroatoms. The molecule has 0 aliphatic carbocycles. The first-order valence-electron chi connectivity index (χ1n) is 8.77. The molecule has 0 fully saturated rings. The van der Waals surface area contributed by atoms with Crippen LogP contribution in [0.15, 0.2) is 48.9 Å². The van der Waals surface area contributed by atoms with Crippen molar-refractivity contribution in [2.24, 2.45) is 7.05 Å². The summed E-state index contributed by atoms with van der Waals surface area (Å²) in [5.41, 5.74) is 5.49. The highest BCUT2D eigenvalue weighted by atomic mass is 35.5. The Morgan fingerprint density at radius 1 is 1.18 bits per heavy atom. The molecule has 28 heavy (non-hydrogen) atoms. The third-order valence-electron chi connectivity index (χ3n) is 4.64. The van der Waals surface area contributed by atoms with E-state index in [0.717, 1.165) is 39.0 Å². The van der Waals surface area contributed by atoms with E-state index >= 15 is 0 Å². The van der Waals surface area contributed by atoms with Gasteiger partial charge in [-0.2, -0.15) is 5.10 Å². The van der Waals surface area contributed by atoms with Gasteiger partial charge in [-0.1, -0.05) is 23.7 Å². The number of hydrogen-bond acceptors (Lipinski definition) is 4. The Balaban J connectivity index is 1.77. The van der Waals surface area contributed by atoms with Gasteiger partial charge in [0, 0.05) is 53.7 Å². The van der Waals surface area contributed by atoms with Gasteiger partial charge in [-0.05, 0) is 30.7 Å². The highest BCUT2D eigenvalue weighted by molar-refractivity contribution is 6.31. The van der Waals surface area contributed by atoms with E-state index in [4.69, 9.17) is 32.9 Å². The largest absolute Gasteiger partial charge is 0.487 e. The number of aromatic nitrogens is 4. The molecule has 0 aliphatic rings. The van der Waals surface area contributed by atoms with Gasteiger partial charge in [-0.3, -0.25) is 9.67 Å². The van der Waals surface area contributed by atoms with Gasteiger partial charge in [0.25, 0.3) is 0 Å². The van der Waals surface area contributed by atoms with Crippen LogP contribution in [0.1, 0.15) is 16.8 Å². The SMILES string of the molecule is Cc1cc(-c2ccnn2C)c2cccc(OCc3c(Cl)cncc3CCl)c2n1. The minimum absolute atomic E-state index is 0.291. The maximum Gasteiger partial charge on any atom is 0.146 e. The van der Waals surface area contributed by atoms with Gasteiger partial charge in [-0.15, -0.1) is 11.6 Å². The van der Waals surface area contributed by atoms with Crippen molar-refractivity contribution < 1.29 is 4.74 Å². The molecule has 3 heterocycles. The van der Waals surface area contributed by atoms with Crippen LogP contribution in [0, 0.1) is 6.92 Å². The fourth-order valence-electron chi connectivity index (χ4n) is 3.25. The summed E-state index contributed by atoms with van der Waals surface area (Å²) in [6.07, 6.45) is 5.10. The van der Waals surface area contributed by atoms with E-state index in [1.165, 1.54) is 0 Å². The zero-order valence-electron chi connectivity index (χ0n) is 15.5. The zero-order valence-corrected chi connectivity index (χ0v) is 17.0. The first-order valence-corrected chi connectivity index (χ1v) is 9.68. The molecule has 0 saturated heterocycles. The highest BCUT2D eigenvalue weighted by Gasteiger charge is 2.14. The standard InChI is InChI=1S/C21H18Cl2N4O/c1-13-8-16(19-6-7-25-27(19)2)15-4-3-5-20(21(15)26-13)28-12-17-14(9-22)10-24-11-18(17)23/h3-8,10-11H,9,12H2,1-2H3. The molecule has 0 spiro atoms. The minimum atomic E-state index is 0.291. The molecule has 0 unspecified atom stereocenters. The quantitative estimate of drug-likeness (QED) is 0.416. The van der Waals surface area contributed by atoms with Crippen LogP contribution in [0.2, 0.25) is 5.02 Å². The Morgan fingerprint density at radius 3 is 2.79 bits per heavy atom. The summed E-state index contributed by atoms with van der Waals surface area (Å²) in [7, 11) is 1.93. The smallest absolute Gasteiger partial charge is 0.146 e. The van der Waals surface area contributed by atoms with Crippen LogP contribution in [0.3, 0.4) is 0 Å². The van der Waals surface area contributed by atoms with Gasteiger partial charge in [0.1, 0.15) is 17.9 Å². The molecule has 142 valence electrons. The van der Waals surface area contributed by atoms with Gasteiger partial charge < -0.3 is 4.74 Å². The normalized spacial score (nSPS) is 11.1. The lowest BCUT2D eigenvalue weighted by Crippen LogP contribution is -2.03. The second-order valence-electron chi connectivity index (χ2n) is 6.48. The van der Waals surface area contributed by atoms with Crippen LogP contribution < -0.4 is 4.74 Å². The molecule has 4 aromatic rings. The summed E-state index contributed by atoms with van der Waals surface area (Å²) >= 11 is 12.3. The summed E-state index contributed by atoms with van der Waals surface area (Å²) in [5.74, 6) is 1.02. The number of rotatable bonds is 5. The van der Waals surface area contributed by atoms with Crippen LogP contribution in [-0.2, 0) is 19.5 Å². The molecule has 1 aromatic carbocycles. The van der Waals surface area contributed by atoms with Crippen molar-refractivity contribution in [3.63, 3.8) is 0 Å². The van der Waals surface area contributed by atoms with E-state index < -0.39 is 0 Å². The molecule has 0 bridgehead atoms. The molecule has 0 atom stereocenters. The highest BCUT2D eigenvalue weighted by Crippen LogP contribution is 2.33. The Hall–Kier alpha value is -2.63. The number of alkyl halides is 1. The fraction of sp³-hybridized carbons (Fsp3) is 0.190. The molecular formula is C21H18Cl2N4O. The van der Waals surface area contributed by atoms with E-state index in [1.54, 1.807) is 18.6 Å². The summed E-state index contributed by atoms with van der Waals surface area (Å²) in [6.45, 7) is 2.26. The number of para-hydroxylation sites is 1. The molecular weight excluding hydrogens is 395 g/mol. The molecule has 0 N–H and O–H groups in total. The van der Waals surface area contributed by atoms with Crippen LogP contribution in [0.4, 0.5) is 0 Å². The number of nitrogens with zero attached hydrogens (tertiary/aromatic N) is 4. The van der Waals surface area contributed by atoms with Crippen molar-refractivity contribution in [2.45, 2.75) is 19.4 Å². The lowest BCUT2D eigenvalue weighted by molar-refractivity contribution is 0.308. The van der Waals surface area contributed by atoms with Crippen LogP contribution in [-0.4, -0.2) is 19.7 Å². The predicted molar refractivity (Wildman–Crippen MR) is 112 cm³/mol. The summed E-state index contributed by atoms with van der Waals surface area (Å²) in [4.78, 5) is 8.82. The third kappa shape index (κ3) is 3.43. The van der Waals surface area contributed by atoms with Gasteiger partial charge >= 0.3 is 0 Å². The molecule has 5 nitrogen and oxygen atoms in total. The molecule has 4 rings (SSSR count). The monoisotopic (exact) mass is 412 g/mol. The summed E-state index contributed by atoms with van der Waals surface area (Å²) < 4.78 is 7.98. The van der Waals surface area contributed by atoms with Gasteiger partial charge in [0.15, 0.2) is 0 Å². The lowest BCUT2D eigenvalue weighted by atomic mass is 10.0. The third-order valence-corrected chi connectivity index (χ3v) is 5.25. The van der Waals surface area contributed by atoms with E-state index in [2.05, 4.69) is 16.1 Å². The molecule has 0 radical (unpaired) electrons. The maximum absolute atomic E-state index is 6.30. The lowest BCUT2D eigenvalue weighted by Gasteiger charge is -2.14. The molecule has 0 amide bonds. The molecule has 3 aromatic heterocycles. The Kier molecular flexibility index (Phi) is 5.20. The zero-order chi connectivity index (χ0) is 19.7. The Labute approximate surface area is 172 Å². The van der Waals surface area contributed by atoms with Gasteiger partial charge in [0.2, 0.25) is 0 Å². The van der Waals surface area contributed by atoms with Crippen molar-refractivity contribution in [3.8, 4) is 17.0 Å². The number of fused-ring (bicyclic) bond motifs is 1. The summed E-state index contributed by atoms with van der Waals surface area (Å²) in [5, 5.41) is 5.83. The average molecular weight is 413 g/mol. The van der Waals surface area contributed by atoms with Crippen molar-refractivity contribution >= 4 is 34.1 Å². The van der Waals surface area contributed by atoms with Crippen molar-refractivity contribution in [3.05, 3.63) is 70.8 Å². The Morgan fingerprint density at radius 2 is 2.04 bits per heavy atom. The molecule has 0 aliphatic heterocycles. The van der Waals surface area contributed by atoms with E-state index in [1.807, 2.05) is 42.9 Å². The molecule has 0 saturated carbocycles. The number of ether oxygens (including phenoxy) is 1. The number of pyridine rings is 2. The van der Waals surface area contributed by atoms with Crippen LogP contribution >= 0.6 is 23.2 Å². The number of benzene rings is 1. The van der Waals surface area contributed by atoms with Crippen LogP contribution in [0.5, 0.6) is 5.75 Å². The van der Waals surface area contributed by atoms with Gasteiger partial charge in [-0.25, -0.2) is 4.98 Å². The first kappa shape index (κ1) is 18.7.